The van der Waals surface area contributed by atoms with Crippen LogP contribution in [0.3, 0.4) is 0 Å². The van der Waals surface area contributed by atoms with Crippen molar-refractivity contribution in [2.24, 2.45) is 0 Å². The first-order chi connectivity index (χ1) is 12.6. The molecule has 0 aliphatic heterocycles. The number of rotatable bonds is 3. The Morgan fingerprint density at radius 3 is 2.58 bits per heavy atom. The molecule has 0 saturated heterocycles. The van der Waals surface area contributed by atoms with Crippen molar-refractivity contribution in [2.45, 2.75) is 0 Å². The second-order valence-electron chi connectivity index (χ2n) is 5.71. The number of nitrogens with one attached hydrogen (secondary N) is 1. The molecular formula is C20H14N2O2S2. The average molecular weight is 378 g/mol. The smallest absolute Gasteiger partial charge is 0.230 e. The number of hydrogen-bond acceptors (Lipinski definition) is 5. The van der Waals surface area contributed by atoms with Gasteiger partial charge in [0.25, 0.3) is 0 Å². The monoisotopic (exact) mass is 378 g/mol. The number of aromatic nitrogens is 1. The number of benzene rings is 2. The molecular weight excluding hydrogens is 364 g/mol. The number of ketones is 1. The maximum absolute atomic E-state index is 12.4. The van der Waals surface area contributed by atoms with Crippen LogP contribution in [0.2, 0.25) is 0 Å². The zero-order valence-corrected chi connectivity index (χ0v) is 15.2. The van der Waals surface area contributed by atoms with Crippen molar-refractivity contribution in [3.05, 3.63) is 80.6 Å². The molecule has 1 aromatic heterocycles. The molecule has 2 aromatic carbocycles. The highest BCUT2D eigenvalue weighted by atomic mass is 32.1. The Kier molecular flexibility index (Phi) is 4.28. The Morgan fingerprint density at radius 1 is 1.04 bits per heavy atom. The summed E-state index contributed by atoms with van der Waals surface area (Å²) in [5, 5.41) is 10.6. The molecule has 0 saturated carbocycles. The van der Waals surface area contributed by atoms with E-state index in [-0.39, 0.29) is 11.7 Å². The largest absolute Gasteiger partial charge is 0.492 e. The lowest BCUT2D eigenvalue weighted by molar-refractivity contribution is -0.109. The Hall–Kier alpha value is -2.96. The molecule has 0 bridgehead atoms. The molecule has 0 fully saturated rings. The fourth-order valence-corrected chi connectivity index (χ4v) is 3.94. The van der Waals surface area contributed by atoms with Crippen LogP contribution in [-0.2, 0) is 4.79 Å². The third-order valence-corrected chi connectivity index (χ3v) is 5.34. The van der Waals surface area contributed by atoms with E-state index in [9.17, 15) is 9.90 Å². The maximum Gasteiger partial charge on any atom is 0.230 e. The van der Waals surface area contributed by atoms with Crippen LogP contribution in [-0.4, -0.2) is 15.6 Å². The van der Waals surface area contributed by atoms with Crippen LogP contribution in [0.25, 0.3) is 17.7 Å². The molecule has 128 valence electrons. The summed E-state index contributed by atoms with van der Waals surface area (Å²) in [4.78, 5) is 12.9. The summed E-state index contributed by atoms with van der Waals surface area (Å²) in [6, 6.07) is 17.1. The normalized spacial score (nSPS) is 14.5. The van der Waals surface area contributed by atoms with Gasteiger partial charge in [-0.2, -0.15) is 0 Å². The number of hydrogen-bond donors (Lipinski definition) is 2. The number of carbonyl (C=O) groups excluding carboxylic acids is 1. The van der Waals surface area contributed by atoms with Crippen molar-refractivity contribution in [1.82, 2.24) is 4.68 Å². The van der Waals surface area contributed by atoms with Gasteiger partial charge in [-0.25, -0.2) is 4.68 Å². The van der Waals surface area contributed by atoms with Crippen LogP contribution in [0, 0.1) is 3.95 Å². The molecule has 26 heavy (non-hydrogen) atoms. The SMILES string of the molecule is O=C1C=Cc2ccccc2C1=Cc1sc(=S)n(Nc2ccccc2)c1O. The van der Waals surface area contributed by atoms with Gasteiger partial charge in [0.05, 0.1) is 10.6 Å². The van der Waals surface area contributed by atoms with Gasteiger partial charge in [-0.1, -0.05) is 59.9 Å². The van der Waals surface area contributed by atoms with Gasteiger partial charge >= 0.3 is 0 Å². The quantitative estimate of drug-likeness (QED) is 0.498. The molecule has 2 N–H and O–H groups in total. The summed E-state index contributed by atoms with van der Waals surface area (Å²) in [6.07, 6.45) is 5.05. The van der Waals surface area contributed by atoms with E-state index < -0.39 is 0 Å². The van der Waals surface area contributed by atoms with Crippen LogP contribution >= 0.6 is 23.6 Å². The third-order valence-electron chi connectivity index (χ3n) is 4.03. The second-order valence-corrected chi connectivity index (χ2v) is 7.39. The minimum Gasteiger partial charge on any atom is -0.492 e. The number of allylic oxidation sites excluding steroid dienone is 2. The molecule has 1 aliphatic carbocycles. The predicted octanol–water partition coefficient (Wildman–Crippen LogP) is 5.00. The third kappa shape index (κ3) is 3.00. The van der Waals surface area contributed by atoms with Crippen molar-refractivity contribution in [2.75, 3.05) is 5.43 Å². The molecule has 3 aromatic rings. The van der Waals surface area contributed by atoms with E-state index in [0.29, 0.717) is 14.4 Å². The fraction of sp³-hybridized carbons (Fsp3) is 0. The lowest BCUT2D eigenvalue weighted by Gasteiger charge is -2.12. The Labute approximate surface area is 159 Å². The molecule has 0 atom stereocenters. The number of thiazole rings is 1. The minimum absolute atomic E-state index is 0.0174. The molecule has 0 unspecified atom stereocenters. The summed E-state index contributed by atoms with van der Waals surface area (Å²) in [7, 11) is 0. The lowest BCUT2D eigenvalue weighted by Crippen LogP contribution is -2.08. The zero-order chi connectivity index (χ0) is 18.1. The molecule has 1 heterocycles. The Balaban J connectivity index is 1.77. The van der Waals surface area contributed by atoms with Crippen molar-refractivity contribution in [3.8, 4) is 5.88 Å². The summed E-state index contributed by atoms with van der Waals surface area (Å²) in [5.41, 5.74) is 6.24. The zero-order valence-electron chi connectivity index (χ0n) is 13.5. The average Bonchev–Trinajstić information content (AvgIpc) is 2.92. The number of nitrogens with zero attached hydrogens (tertiary/aromatic N) is 1. The van der Waals surface area contributed by atoms with E-state index in [1.54, 1.807) is 18.2 Å². The van der Waals surface area contributed by atoms with Gasteiger partial charge in [-0.3, -0.25) is 10.2 Å². The molecule has 1 aliphatic rings. The fourth-order valence-electron chi connectivity index (χ4n) is 2.77. The van der Waals surface area contributed by atoms with Crippen LogP contribution in [0.15, 0.2) is 60.7 Å². The maximum atomic E-state index is 12.4. The Morgan fingerprint density at radius 2 is 1.77 bits per heavy atom. The highest BCUT2D eigenvalue weighted by Crippen LogP contribution is 2.33. The first-order valence-corrected chi connectivity index (χ1v) is 9.16. The molecule has 4 rings (SSSR count). The minimum atomic E-state index is -0.0926. The number of carbonyl (C=O) groups is 1. The predicted molar refractivity (Wildman–Crippen MR) is 109 cm³/mol. The van der Waals surface area contributed by atoms with Crippen LogP contribution in [0.1, 0.15) is 16.0 Å². The van der Waals surface area contributed by atoms with Gasteiger partial charge in [-0.15, -0.1) is 0 Å². The van der Waals surface area contributed by atoms with Crippen molar-refractivity contribution >= 4 is 52.8 Å². The first kappa shape index (κ1) is 16.5. The molecule has 0 radical (unpaired) electrons. The number of fused-ring (bicyclic) bond motifs is 1. The summed E-state index contributed by atoms with van der Waals surface area (Å²) < 4.78 is 1.90. The number of aromatic hydroxyl groups is 1. The van der Waals surface area contributed by atoms with Crippen molar-refractivity contribution in [3.63, 3.8) is 0 Å². The van der Waals surface area contributed by atoms with Crippen molar-refractivity contribution in [1.29, 1.82) is 0 Å². The van der Waals surface area contributed by atoms with Crippen LogP contribution in [0.5, 0.6) is 5.88 Å². The highest BCUT2D eigenvalue weighted by Gasteiger charge is 2.19. The van der Waals surface area contributed by atoms with E-state index in [0.717, 1.165) is 16.8 Å². The summed E-state index contributed by atoms with van der Waals surface area (Å²) in [5.74, 6) is -0.110. The van der Waals surface area contributed by atoms with Gasteiger partial charge in [0, 0.05) is 5.57 Å². The molecule has 4 nitrogen and oxygen atoms in total. The van der Waals surface area contributed by atoms with Gasteiger partial charge in [-0.05, 0) is 47.6 Å². The Bertz CT molecular complexity index is 1110. The first-order valence-electron chi connectivity index (χ1n) is 7.94. The van der Waals surface area contributed by atoms with Crippen LogP contribution in [0.4, 0.5) is 5.69 Å². The van der Waals surface area contributed by atoms with Crippen LogP contribution < -0.4 is 5.43 Å². The van der Waals surface area contributed by atoms with Gasteiger partial charge in [0.1, 0.15) is 0 Å². The van der Waals surface area contributed by atoms with Gasteiger partial charge < -0.3 is 5.11 Å². The summed E-state index contributed by atoms with van der Waals surface area (Å²) in [6.45, 7) is 0. The van der Waals surface area contributed by atoms with E-state index in [1.165, 1.54) is 16.0 Å². The van der Waals surface area contributed by atoms with E-state index in [1.807, 2.05) is 54.6 Å². The molecule has 0 spiro atoms. The molecule has 0 amide bonds. The number of anilines is 1. The van der Waals surface area contributed by atoms with E-state index in [2.05, 4.69) is 5.43 Å². The standard InChI is InChI=1S/C20H14N2O2S2/c23-17-11-10-13-6-4-5-9-15(13)16(17)12-18-19(24)22(20(25)26-18)21-14-7-2-1-3-8-14/h1-12,21,24H. The summed E-state index contributed by atoms with van der Waals surface area (Å²) >= 11 is 6.61. The second kappa shape index (κ2) is 6.74. The van der Waals surface area contributed by atoms with Gasteiger partial charge in [0.2, 0.25) is 5.88 Å². The van der Waals surface area contributed by atoms with E-state index >= 15 is 0 Å². The van der Waals surface area contributed by atoms with E-state index in [4.69, 9.17) is 12.2 Å². The van der Waals surface area contributed by atoms with Gasteiger partial charge in [0.15, 0.2) is 9.74 Å². The molecule has 6 heteroatoms. The highest BCUT2D eigenvalue weighted by molar-refractivity contribution is 7.73. The topological polar surface area (TPSA) is 54.3 Å². The van der Waals surface area contributed by atoms with Crippen molar-refractivity contribution < 1.29 is 9.90 Å². The number of para-hydroxylation sites is 1. The lowest BCUT2D eigenvalue weighted by atomic mass is 9.91.